The molecule has 0 atom stereocenters. The number of nitrogens with one attached hydrogen (secondary N) is 1. The number of sulfonamides is 1. The number of nitriles is 1. The second kappa shape index (κ2) is 8.58. The molecule has 2 aromatic carbocycles. The number of nitrogens with zero attached hydrogens (tertiary/aromatic N) is 1. The summed E-state index contributed by atoms with van der Waals surface area (Å²) in [6.45, 7) is 0. The van der Waals surface area contributed by atoms with Crippen LogP contribution in [0.3, 0.4) is 0 Å². The molecule has 6 nitrogen and oxygen atoms in total. The summed E-state index contributed by atoms with van der Waals surface area (Å²) in [5, 5.41) is 8.72. The zero-order chi connectivity index (χ0) is 22.7. The van der Waals surface area contributed by atoms with Crippen LogP contribution in [0.4, 0.5) is 22.0 Å². The number of alkyl halides is 3. The van der Waals surface area contributed by atoms with Gasteiger partial charge < -0.3 is 0 Å². The van der Waals surface area contributed by atoms with E-state index >= 15 is 0 Å². The van der Waals surface area contributed by atoms with E-state index in [1.807, 2.05) is 0 Å². The lowest BCUT2D eigenvalue weighted by Gasteiger charge is -2.12. The maximum absolute atomic E-state index is 13.5. The Balaban J connectivity index is 2.13. The van der Waals surface area contributed by atoms with Crippen LogP contribution in [-0.4, -0.2) is 20.1 Å². The van der Waals surface area contributed by atoms with Gasteiger partial charge in [-0.3, -0.25) is 9.59 Å². The molecule has 0 unspecified atom stereocenters. The van der Waals surface area contributed by atoms with Crippen molar-refractivity contribution >= 4 is 21.7 Å². The number of carbonyl (C=O) groups excluding carboxylic acids is 2. The Hall–Kier alpha value is -3.33. The minimum absolute atomic E-state index is 0.202. The SMILES string of the molecule is N#Cc1ccc(S(=O)(=O)NC(=O)CCC(=O)c2ccc(F)cc2F)cc1C(F)(F)F. The quantitative estimate of drug-likeness (QED) is 0.542. The van der Waals surface area contributed by atoms with Crippen molar-refractivity contribution in [3.8, 4) is 6.07 Å². The predicted molar refractivity (Wildman–Crippen MR) is 91.4 cm³/mol. The lowest BCUT2D eigenvalue weighted by Crippen LogP contribution is -2.31. The monoisotopic (exact) mass is 446 g/mol. The van der Waals surface area contributed by atoms with Crippen molar-refractivity contribution in [2.75, 3.05) is 0 Å². The van der Waals surface area contributed by atoms with E-state index in [2.05, 4.69) is 0 Å². The van der Waals surface area contributed by atoms with Gasteiger partial charge in [0.15, 0.2) is 5.78 Å². The third-order valence-corrected chi connectivity index (χ3v) is 5.16. The van der Waals surface area contributed by atoms with Crippen molar-refractivity contribution in [2.45, 2.75) is 23.9 Å². The molecule has 0 radical (unpaired) electrons. The summed E-state index contributed by atoms with van der Waals surface area (Å²) in [5.41, 5.74) is -2.81. The molecule has 0 fully saturated rings. The summed E-state index contributed by atoms with van der Waals surface area (Å²) in [7, 11) is -4.74. The first-order valence-corrected chi connectivity index (χ1v) is 9.48. The van der Waals surface area contributed by atoms with E-state index in [-0.39, 0.29) is 6.07 Å². The lowest BCUT2D eigenvalue weighted by atomic mass is 10.1. The van der Waals surface area contributed by atoms with Crippen molar-refractivity contribution in [3.05, 3.63) is 64.7 Å². The third kappa shape index (κ3) is 5.38. The van der Waals surface area contributed by atoms with E-state index in [4.69, 9.17) is 5.26 Å². The predicted octanol–water partition coefficient (Wildman–Crippen LogP) is 3.32. The van der Waals surface area contributed by atoms with Gasteiger partial charge in [-0.15, -0.1) is 0 Å². The third-order valence-electron chi connectivity index (χ3n) is 3.79. The highest BCUT2D eigenvalue weighted by molar-refractivity contribution is 7.90. The normalized spacial score (nSPS) is 11.6. The highest BCUT2D eigenvalue weighted by Crippen LogP contribution is 2.33. The van der Waals surface area contributed by atoms with E-state index in [9.17, 15) is 40.0 Å². The number of carbonyl (C=O) groups is 2. The molecule has 0 saturated carbocycles. The van der Waals surface area contributed by atoms with Gasteiger partial charge in [-0.05, 0) is 30.3 Å². The van der Waals surface area contributed by atoms with Gasteiger partial charge in [0.25, 0.3) is 10.0 Å². The average molecular weight is 446 g/mol. The Kier molecular flexibility index (Phi) is 6.57. The number of rotatable bonds is 6. The molecule has 0 spiro atoms. The van der Waals surface area contributed by atoms with Crippen molar-refractivity contribution in [3.63, 3.8) is 0 Å². The van der Waals surface area contributed by atoms with E-state index in [0.717, 1.165) is 12.1 Å². The fourth-order valence-electron chi connectivity index (χ4n) is 2.36. The minimum atomic E-state index is -5.01. The van der Waals surface area contributed by atoms with E-state index in [1.54, 1.807) is 0 Å². The van der Waals surface area contributed by atoms with Gasteiger partial charge in [0, 0.05) is 18.9 Å². The van der Waals surface area contributed by atoms with Crippen LogP contribution in [0.1, 0.15) is 34.3 Å². The molecule has 30 heavy (non-hydrogen) atoms. The van der Waals surface area contributed by atoms with Gasteiger partial charge in [0.05, 0.1) is 27.7 Å². The van der Waals surface area contributed by atoms with Crippen LogP contribution in [0.15, 0.2) is 41.3 Å². The van der Waals surface area contributed by atoms with Crippen LogP contribution in [0.5, 0.6) is 0 Å². The average Bonchev–Trinajstić information content (AvgIpc) is 2.64. The largest absolute Gasteiger partial charge is 0.417 e. The summed E-state index contributed by atoms with van der Waals surface area (Å²) in [4.78, 5) is 22.8. The fourth-order valence-corrected chi connectivity index (χ4v) is 3.40. The minimum Gasteiger partial charge on any atom is -0.294 e. The molecule has 0 heterocycles. The smallest absolute Gasteiger partial charge is 0.294 e. The molecule has 158 valence electrons. The summed E-state index contributed by atoms with van der Waals surface area (Å²) in [6, 6.07) is 4.98. The van der Waals surface area contributed by atoms with Crippen LogP contribution in [-0.2, 0) is 21.0 Å². The number of benzene rings is 2. The summed E-state index contributed by atoms with van der Waals surface area (Å²) >= 11 is 0. The highest BCUT2D eigenvalue weighted by Gasteiger charge is 2.35. The molecule has 0 saturated heterocycles. The van der Waals surface area contributed by atoms with E-state index < -0.39 is 74.0 Å². The molecule has 1 N–H and O–H groups in total. The van der Waals surface area contributed by atoms with Crippen molar-refractivity contribution in [1.82, 2.24) is 4.72 Å². The molecule has 12 heteroatoms. The Labute approximate surface area is 167 Å². The Morgan fingerprint density at radius 2 is 1.70 bits per heavy atom. The van der Waals surface area contributed by atoms with Crippen molar-refractivity contribution in [2.24, 2.45) is 0 Å². The summed E-state index contributed by atoms with van der Waals surface area (Å²) in [5.74, 6) is -4.22. The number of hydrogen-bond acceptors (Lipinski definition) is 5. The topological polar surface area (TPSA) is 104 Å². The first-order chi connectivity index (χ1) is 13.8. The van der Waals surface area contributed by atoms with Crippen LogP contribution < -0.4 is 4.72 Å². The van der Waals surface area contributed by atoms with Crippen LogP contribution >= 0.6 is 0 Å². The Bertz CT molecular complexity index is 1150. The number of hydrogen-bond donors (Lipinski definition) is 1. The molecule has 0 aliphatic heterocycles. The number of halogens is 5. The standard InChI is InChI=1S/C18H11F5N2O4S/c19-11-2-4-13(15(20)7-11)16(26)5-6-17(27)25-30(28,29)12-3-1-10(9-24)14(8-12)18(21,22)23/h1-4,7-8H,5-6H2,(H,25,27). The van der Waals surface area contributed by atoms with E-state index in [0.29, 0.717) is 18.2 Å². The summed E-state index contributed by atoms with van der Waals surface area (Å²) < 4.78 is 91.1. The number of ketones is 1. The number of amides is 1. The Morgan fingerprint density at radius 1 is 1.03 bits per heavy atom. The van der Waals surface area contributed by atoms with Gasteiger partial charge >= 0.3 is 6.18 Å². The second-order valence-corrected chi connectivity index (χ2v) is 7.58. The van der Waals surface area contributed by atoms with Crippen LogP contribution in [0, 0.1) is 23.0 Å². The molecule has 0 aliphatic rings. The number of Topliss-reactive ketones (excluding diaryl/α,β-unsaturated/α-hetero) is 1. The zero-order valence-corrected chi connectivity index (χ0v) is 15.6. The van der Waals surface area contributed by atoms with Gasteiger partial charge in [0.1, 0.15) is 11.6 Å². The Morgan fingerprint density at radius 3 is 2.27 bits per heavy atom. The molecule has 0 bridgehead atoms. The van der Waals surface area contributed by atoms with Crippen molar-refractivity contribution in [1.29, 1.82) is 5.26 Å². The lowest BCUT2D eigenvalue weighted by molar-refractivity contribution is -0.137. The van der Waals surface area contributed by atoms with Crippen molar-refractivity contribution < 1.29 is 40.0 Å². The molecule has 0 aliphatic carbocycles. The maximum Gasteiger partial charge on any atom is 0.417 e. The van der Waals surface area contributed by atoms with Gasteiger partial charge in [-0.25, -0.2) is 21.9 Å². The molecular weight excluding hydrogens is 435 g/mol. The fraction of sp³-hybridized carbons (Fsp3) is 0.167. The molecule has 2 rings (SSSR count). The van der Waals surface area contributed by atoms with Crippen LogP contribution in [0.25, 0.3) is 0 Å². The molecular formula is C18H11F5N2O4S. The summed E-state index contributed by atoms with van der Waals surface area (Å²) in [6.07, 6.45) is -6.37. The van der Waals surface area contributed by atoms with E-state index in [1.165, 1.54) is 10.8 Å². The molecule has 0 aromatic heterocycles. The molecule has 1 amide bonds. The maximum atomic E-state index is 13.5. The first-order valence-electron chi connectivity index (χ1n) is 8.00. The zero-order valence-electron chi connectivity index (χ0n) is 14.8. The van der Waals surface area contributed by atoms with Crippen LogP contribution in [0.2, 0.25) is 0 Å². The first kappa shape index (κ1) is 23.0. The molecule has 2 aromatic rings. The highest BCUT2D eigenvalue weighted by atomic mass is 32.2. The second-order valence-electron chi connectivity index (χ2n) is 5.89. The van der Waals surface area contributed by atoms with Gasteiger partial charge in [-0.2, -0.15) is 18.4 Å². The van der Waals surface area contributed by atoms with Gasteiger partial charge in [-0.1, -0.05) is 0 Å². The van der Waals surface area contributed by atoms with Gasteiger partial charge in [0.2, 0.25) is 5.91 Å².